The third-order valence-electron chi connectivity index (χ3n) is 3.43. The quantitative estimate of drug-likeness (QED) is 0.658. The smallest absolute Gasteiger partial charge is 0.0929 e. The fourth-order valence-corrected chi connectivity index (χ4v) is 2.67. The van der Waals surface area contributed by atoms with Crippen molar-refractivity contribution in [3.05, 3.63) is 33.9 Å². The summed E-state index contributed by atoms with van der Waals surface area (Å²) in [4.78, 5) is 0. The number of aryl methyl sites for hydroxylation is 3. The SMILES string of the molecule is CCn1ncc(Cl)c1C(NN)c1c(C)nn(C)c1C. The van der Waals surface area contributed by atoms with Crippen LogP contribution in [0.4, 0.5) is 0 Å². The molecule has 2 heterocycles. The third kappa shape index (κ3) is 2.27. The van der Waals surface area contributed by atoms with Crippen molar-refractivity contribution in [3.8, 4) is 0 Å². The molecule has 0 aliphatic heterocycles. The van der Waals surface area contributed by atoms with Gasteiger partial charge in [0.2, 0.25) is 0 Å². The van der Waals surface area contributed by atoms with Gasteiger partial charge in [-0.2, -0.15) is 10.2 Å². The second kappa shape index (κ2) is 5.32. The highest BCUT2D eigenvalue weighted by molar-refractivity contribution is 6.31. The van der Waals surface area contributed by atoms with Crippen LogP contribution in [0.3, 0.4) is 0 Å². The van der Waals surface area contributed by atoms with E-state index >= 15 is 0 Å². The Morgan fingerprint density at radius 1 is 1.47 bits per heavy atom. The number of hydrazine groups is 1. The summed E-state index contributed by atoms with van der Waals surface area (Å²) in [6, 6.07) is -0.219. The molecule has 1 unspecified atom stereocenters. The summed E-state index contributed by atoms with van der Waals surface area (Å²) in [7, 11) is 1.91. The van der Waals surface area contributed by atoms with Crippen molar-refractivity contribution in [2.45, 2.75) is 33.4 Å². The molecule has 0 aromatic carbocycles. The lowest BCUT2D eigenvalue weighted by molar-refractivity contribution is 0.540. The Balaban J connectivity index is 2.59. The first-order valence-electron chi connectivity index (χ1n) is 6.18. The Morgan fingerprint density at radius 2 is 2.16 bits per heavy atom. The molecule has 19 heavy (non-hydrogen) atoms. The van der Waals surface area contributed by atoms with Crippen LogP contribution < -0.4 is 11.3 Å². The molecule has 2 rings (SSSR count). The zero-order valence-electron chi connectivity index (χ0n) is 11.6. The highest BCUT2D eigenvalue weighted by Gasteiger charge is 2.26. The van der Waals surface area contributed by atoms with Gasteiger partial charge in [0.25, 0.3) is 0 Å². The minimum atomic E-state index is -0.219. The summed E-state index contributed by atoms with van der Waals surface area (Å²) < 4.78 is 3.69. The van der Waals surface area contributed by atoms with E-state index in [2.05, 4.69) is 15.6 Å². The summed E-state index contributed by atoms with van der Waals surface area (Å²) in [5.74, 6) is 5.75. The highest BCUT2D eigenvalue weighted by atomic mass is 35.5. The predicted octanol–water partition coefficient (Wildman–Crippen LogP) is 1.46. The Hall–Kier alpha value is -1.37. The van der Waals surface area contributed by atoms with Gasteiger partial charge in [-0.1, -0.05) is 11.6 Å². The summed E-state index contributed by atoms with van der Waals surface area (Å²) in [6.07, 6.45) is 1.64. The minimum absolute atomic E-state index is 0.219. The molecule has 0 aliphatic rings. The van der Waals surface area contributed by atoms with Gasteiger partial charge in [-0.3, -0.25) is 15.2 Å². The average molecular weight is 283 g/mol. The number of rotatable bonds is 4. The van der Waals surface area contributed by atoms with Crippen molar-refractivity contribution in [1.29, 1.82) is 0 Å². The van der Waals surface area contributed by atoms with Gasteiger partial charge in [0, 0.05) is 24.8 Å². The molecular formula is C12H19ClN6. The molecule has 3 N–H and O–H groups in total. The second-order valence-corrected chi connectivity index (χ2v) is 4.91. The van der Waals surface area contributed by atoms with Crippen LogP contribution in [0.1, 0.15) is 35.6 Å². The number of halogens is 1. The van der Waals surface area contributed by atoms with E-state index in [0.717, 1.165) is 29.2 Å². The van der Waals surface area contributed by atoms with Crippen molar-refractivity contribution >= 4 is 11.6 Å². The van der Waals surface area contributed by atoms with Gasteiger partial charge >= 0.3 is 0 Å². The summed E-state index contributed by atoms with van der Waals surface area (Å²) in [6.45, 7) is 6.73. The van der Waals surface area contributed by atoms with Crippen LogP contribution >= 0.6 is 11.6 Å². The van der Waals surface area contributed by atoms with Crippen LogP contribution in [0.15, 0.2) is 6.20 Å². The average Bonchev–Trinajstić information content (AvgIpc) is 2.86. The van der Waals surface area contributed by atoms with Gasteiger partial charge in [-0.25, -0.2) is 5.43 Å². The molecule has 7 heteroatoms. The Labute approximate surface area is 117 Å². The van der Waals surface area contributed by atoms with Crippen molar-refractivity contribution in [3.63, 3.8) is 0 Å². The van der Waals surface area contributed by atoms with E-state index in [9.17, 15) is 0 Å². The normalized spacial score (nSPS) is 12.9. The molecule has 2 aromatic rings. The zero-order valence-corrected chi connectivity index (χ0v) is 12.4. The van der Waals surface area contributed by atoms with Gasteiger partial charge in [0.1, 0.15) is 0 Å². The van der Waals surface area contributed by atoms with Crippen LogP contribution in [-0.4, -0.2) is 19.6 Å². The summed E-state index contributed by atoms with van der Waals surface area (Å²) in [5, 5.41) is 9.28. The number of nitrogens with one attached hydrogen (secondary N) is 1. The molecule has 0 radical (unpaired) electrons. The lowest BCUT2D eigenvalue weighted by Gasteiger charge is -2.18. The van der Waals surface area contributed by atoms with Crippen LogP contribution in [-0.2, 0) is 13.6 Å². The van der Waals surface area contributed by atoms with Crippen LogP contribution in [0.2, 0.25) is 5.02 Å². The minimum Gasteiger partial charge on any atom is -0.272 e. The maximum Gasteiger partial charge on any atom is 0.0929 e. The maximum absolute atomic E-state index is 6.25. The standard InChI is InChI=1S/C12H19ClN6/c1-5-19-12(9(13)6-15-19)11(16-14)10-7(2)17-18(4)8(10)3/h6,11,16H,5,14H2,1-4H3. The molecule has 0 aliphatic carbocycles. The zero-order chi connectivity index (χ0) is 14.2. The monoisotopic (exact) mass is 282 g/mol. The second-order valence-electron chi connectivity index (χ2n) is 4.50. The van der Waals surface area contributed by atoms with E-state index in [0.29, 0.717) is 5.02 Å². The van der Waals surface area contributed by atoms with E-state index in [-0.39, 0.29) is 6.04 Å². The fourth-order valence-electron chi connectivity index (χ4n) is 2.42. The first-order valence-corrected chi connectivity index (χ1v) is 6.56. The molecule has 104 valence electrons. The lowest BCUT2D eigenvalue weighted by Crippen LogP contribution is -2.31. The number of hydrogen-bond acceptors (Lipinski definition) is 4. The summed E-state index contributed by atoms with van der Waals surface area (Å²) in [5.41, 5.74) is 6.73. The van der Waals surface area contributed by atoms with Gasteiger partial charge in [-0.05, 0) is 20.8 Å². The third-order valence-corrected chi connectivity index (χ3v) is 3.72. The molecule has 2 aromatic heterocycles. The molecule has 0 saturated carbocycles. The first-order chi connectivity index (χ1) is 9.01. The lowest BCUT2D eigenvalue weighted by atomic mass is 10.0. The Bertz CT molecular complexity index is 585. The van der Waals surface area contributed by atoms with Gasteiger partial charge < -0.3 is 0 Å². The Morgan fingerprint density at radius 3 is 2.63 bits per heavy atom. The van der Waals surface area contributed by atoms with Crippen molar-refractivity contribution in [2.24, 2.45) is 12.9 Å². The number of nitrogens with zero attached hydrogens (tertiary/aromatic N) is 4. The maximum atomic E-state index is 6.25. The number of aromatic nitrogens is 4. The van der Waals surface area contributed by atoms with Crippen molar-refractivity contribution in [1.82, 2.24) is 25.0 Å². The topological polar surface area (TPSA) is 73.7 Å². The van der Waals surface area contributed by atoms with Gasteiger partial charge in [-0.15, -0.1) is 0 Å². The molecule has 0 fully saturated rings. The molecule has 1 atom stereocenters. The predicted molar refractivity (Wildman–Crippen MR) is 74.8 cm³/mol. The summed E-state index contributed by atoms with van der Waals surface area (Å²) >= 11 is 6.25. The first kappa shape index (κ1) is 14.0. The van der Waals surface area contributed by atoms with E-state index in [1.54, 1.807) is 6.20 Å². The van der Waals surface area contributed by atoms with Gasteiger partial charge in [0.15, 0.2) is 0 Å². The van der Waals surface area contributed by atoms with Crippen LogP contribution in [0.5, 0.6) is 0 Å². The van der Waals surface area contributed by atoms with Crippen molar-refractivity contribution in [2.75, 3.05) is 0 Å². The van der Waals surface area contributed by atoms with Crippen LogP contribution in [0, 0.1) is 13.8 Å². The van der Waals surface area contributed by atoms with E-state index in [1.807, 2.05) is 37.2 Å². The van der Waals surface area contributed by atoms with E-state index in [1.165, 1.54) is 0 Å². The number of hydrogen-bond donors (Lipinski definition) is 2. The molecular weight excluding hydrogens is 264 g/mol. The molecule has 0 amide bonds. The Kier molecular flexibility index (Phi) is 3.93. The largest absolute Gasteiger partial charge is 0.272 e. The molecule has 0 spiro atoms. The van der Waals surface area contributed by atoms with E-state index in [4.69, 9.17) is 17.4 Å². The van der Waals surface area contributed by atoms with Gasteiger partial charge in [0.05, 0.1) is 28.6 Å². The molecule has 0 bridgehead atoms. The molecule has 0 saturated heterocycles. The highest BCUT2D eigenvalue weighted by Crippen LogP contribution is 2.31. The van der Waals surface area contributed by atoms with Crippen molar-refractivity contribution < 1.29 is 0 Å². The number of nitrogens with two attached hydrogens (primary N) is 1. The molecule has 6 nitrogen and oxygen atoms in total. The van der Waals surface area contributed by atoms with E-state index < -0.39 is 0 Å². The van der Waals surface area contributed by atoms with Crippen LogP contribution in [0.25, 0.3) is 0 Å². The fraction of sp³-hybridized carbons (Fsp3) is 0.500.